The van der Waals surface area contributed by atoms with E-state index < -0.39 is 0 Å². The van der Waals surface area contributed by atoms with E-state index in [1.807, 2.05) is 49.3 Å². The van der Waals surface area contributed by atoms with E-state index >= 15 is 0 Å². The van der Waals surface area contributed by atoms with Crippen molar-refractivity contribution in [3.8, 4) is 11.4 Å². The zero-order valence-corrected chi connectivity index (χ0v) is 16.0. The molecule has 0 spiro atoms. The summed E-state index contributed by atoms with van der Waals surface area (Å²) in [6, 6.07) is 10.3. The summed E-state index contributed by atoms with van der Waals surface area (Å²) in [6.45, 7) is 6.62. The summed E-state index contributed by atoms with van der Waals surface area (Å²) < 4.78 is 2.26. The molecule has 27 heavy (non-hydrogen) atoms. The Morgan fingerprint density at radius 2 is 1.93 bits per heavy atom. The van der Waals surface area contributed by atoms with Crippen LogP contribution in [0.4, 0.5) is 0 Å². The zero-order chi connectivity index (χ0) is 18.8. The standard InChI is InChI=1S/C22H26N4O/c1-16(2)22(27)25-12-8-17(9-13-25)15-26-14-11-24-21(26)19-5-3-7-20-18(19)6-4-10-23-20/h3-7,10-11,14,16-17H,8-9,12-13,15H2,1-2H3. The summed E-state index contributed by atoms with van der Waals surface area (Å²) >= 11 is 0. The predicted molar refractivity (Wildman–Crippen MR) is 107 cm³/mol. The molecule has 0 aliphatic carbocycles. The Hall–Kier alpha value is -2.69. The highest BCUT2D eigenvalue weighted by molar-refractivity contribution is 5.92. The Kier molecular flexibility index (Phi) is 4.92. The summed E-state index contributed by atoms with van der Waals surface area (Å²) in [5.41, 5.74) is 2.11. The fourth-order valence-corrected chi connectivity index (χ4v) is 3.98. The lowest BCUT2D eigenvalue weighted by Crippen LogP contribution is -2.41. The van der Waals surface area contributed by atoms with Crippen LogP contribution in [0.3, 0.4) is 0 Å². The maximum atomic E-state index is 12.2. The molecule has 1 amide bonds. The molecule has 1 aromatic carbocycles. The van der Waals surface area contributed by atoms with Crippen molar-refractivity contribution >= 4 is 16.8 Å². The second kappa shape index (κ2) is 7.51. The number of carbonyl (C=O) groups is 1. The van der Waals surface area contributed by atoms with Gasteiger partial charge in [-0.1, -0.05) is 32.0 Å². The Labute approximate surface area is 160 Å². The van der Waals surface area contributed by atoms with E-state index in [2.05, 4.69) is 32.9 Å². The molecule has 2 aromatic heterocycles. The average Bonchev–Trinajstić information content (AvgIpc) is 3.15. The maximum absolute atomic E-state index is 12.2. The van der Waals surface area contributed by atoms with Crippen LogP contribution < -0.4 is 0 Å². The van der Waals surface area contributed by atoms with Crippen molar-refractivity contribution in [1.29, 1.82) is 0 Å². The largest absolute Gasteiger partial charge is 0.342 e. The van der Waals surface area contributed by atoms with Crippen molar-refractivity contribution in [2.45, 2.75) is 33.2 Å². The van der Waals surface area contributed by atoms with Gasteiger partial charge in [-0.2, -0.15) is 0 Å². The molecule has 5 nitrogen and oxygen atoms in total. The minimum atomic E-state index is 0.0850. The number of imidazole rings is 1. The minimum absolute atomic E-state index is 0.0850. The highest BCUT2D eigenvalue weighted by Gasteiger charge is 2.25. The Bertz CT molecular complexity index is 933. The zero-order valence-electron chi connectivity index (χ0n) is 16.0. The summed E-state index contributed by atoms with van der Waals surface area (Å²) in [4.78, 5) is 23.3. The van der Waals surface area contributed by atoms with Crippen LogP contribution in [0.15, 0.2) is 48.9 Å². The molecule has 0 bridgehead atoms. The predicted octanol–water partition coefficient (Wildman–Crippen LogP) is 3.99. The normalized spacial score (nSPS) is 15.6. The molecule has 4 rings (SSSR count). The number of nitrogens with zero attached hydrogens (tertiary/aromatic N) is 4. The SMILES string of the molecule is CC(C)C(=O)N1CCC(Cn2ccnc2-c2cccc3ncccc23)CC1. The summed E-state index contributed by atoms with van der Waals surface area (Å²) in [5.74, 6) is 1.93. The quantitative estimate of drug-likeness (QED) is 0.705. The van der Waals surface area contributed by atoms with Gasteiger partial charge in [0.1, 0.15) is 5.82 Å². The van der Waals surface area contributed by atoms with Crippen molar-refractivity contribution in [2.75, 3.05) is 13.1 Å². The molecule has 0 saturated carbocycles. The van der Waals surface area contributed by atoms with Crippen LogP contribution in [0.1, 0.15) is 26.7 Å². The van der Waals surface area contributed by atoms with Crippen LogP contribution in [-0.4, -0.2) is 38.4 Å². The van der Waals surface area contributed by atoms with E-state index in [9.17, 15) is 4.79 Å². The average molecular weight is 362 g/mol. The lowest BCUT2D eigenvalue weighted by Gasteiger charge is -2.33. The van der Waals surface area contributed by atoms with Gasteiger partial charge in [0.15, 0.2) is 0 Å². The number of hydrogen-bond donors (Lipinski definition) is 0. The van der Waals surface area contributed by atoms with E-state index in [0.29, 0.717) is 5.92 Å². The van der Waals surface area contributed by atoms with E-state index in [1.165, 1.54) is 0 Å². The van der Waals surface area contributed by atoms with Gasteiger partial charge in [-0.05, 0) is 30.9 Å². The topological polar surface area (TPSA) is 51.0 Å². The third-order valence-corrected chi connectivity index (χ3v) is 5.48. The lowest BCUT2D eigenvalue weighted by molar-refractivity contribution is -0.135. The molecule has 3 aromatic rings. The third kappa shape index (κ3) is 3.59. The summed E-state index contributed by atoms with van der Waals surface area (Å²) in [6.07, 6.45) is 7.86. The van der Waals surface area contributed by atoms with Crippen molar-refractivity contribution in [3.05, 3.63) is 48.9 Å². The fourth-order valence-electron chi connectivity index (χ4n) is 3.98. The van der Waals surface area contributed by atoms with Gasteiger partial charge in [0.05, 0.1) is 5.52 Å². The Balaban J connectivity index is 1.51. The van der Waals surface area contributed by atoms with E-state index in [0.717, 1.165) is 54.8 Å². The van der Waals surface area contributed by atoms with Crippen LogP contribution >= 0.6 is 0 Å². The molecule has 0 atom stereocenters. The van der Waals surface area contributed by atoms with Gasteiger partial charge in [-0.3, -0.25) is 9.78 Å². The highest BCUT2D eigenvalue weighted by Crippen LogP contribution is 2.28. The molecule has 5 heteroatoms. The number of aromatic nitrogens is 3. The molecule has 1 aliphatic rings. The summed E-state index contributed by atoms with van der Waals surface area (Å²) in [7, 11) is 0. The minimum Gasteiger partial charge on any atom is -0.342 e. The van der Waals surface area contributed by atoms with Crippen molar-refractivity contribution in [2.24, 2.45) is 11.8 Å². The molecule has 3 heterocycles. The van der Waals surface area contributed by atoms with Crippen molar-refractivity contribution < 1.29 is 4.79 Å². The van der Waals surface area contributed by atoms with Crippen LogP contribution in [0, 0.1) is 11.8 Å². The Morgan fingerprint density at radius 1 is 1.11 bits per heavy atom. The molecule has 0 unspecified atom stereocenters. The number of hydrogen-bond acceptors (Lipinski definition) is 3. The summed E-state index contributed by atoms with van der Waals surface area (Å²) in [5, 5.41) is 1.13. The van der Waals surface area contributed by atoms with Crippen LogP contribution in [0.2, 0.25) is 0 Å². The second-order valence-electron chi connectivity index (χ2n) is 7.70. The number of rotatable bonds is 4. The van der Waals surface area contributed by atoms with Crippen molar-refractivity contribution in [3.63, 3.8) is 0 Å². The number of pyridine rings is 1. The first-order valence-electron chi connectivity index (χ1n) is 9.77. The first-order chi connectivity index (χ1) is 13.1. The van der Waals surface area contributed by atoms with Crippen LogP contribution in [0.5, 0.6) is 0 Å². The monoisotopic (exact) mass is 362 g/mol. The molecule has 1 saturated heterocycles. The van der Waals surface area contributed by atoms with Gasteiger partial charge in [0.2, 0.25) is 5.91 Å². The number of carbonyl (C=O) groups excluding carboxylic acids is 1. The van der Waals surface area contributed by atoms with Crippen LogP contribution in [-0.2, 0) is 11.3 Å². The highest BCUT2D eigenvalue weighted by atomic mass is 16.2. The van der Waals surface area contributed by atoms with Gasteiger partial charge in [-0.15, -0.1) is 0 Å². The second-order valence-corrected chi connectivity index (χ2v) is 7.70. The van der Waals surface area contributed by atoms with Gasteiger partial charge in [0.25, 0.3) is 0 Å². The number of amides is 1. The first-order valence-corrected chi connectivity index (χ1v) is 9.77. The smallest absolute Gasteiger partial charge is 0.225 e. The lowest BCUT2D eigenvalue weighted by atomic mass is 9.95. The van der Waals surface area contributed by atoms with E-state index in [-0.39, 0.29) is 11.8 Å². The maximum Gasteiger partial charge on any atom is 0.225 e. The molecular formula is C22H26N4O. The van der Waals surface area contributed by atoms with Gasteiger partial charge in [-0.25, -0.2) is 4.98 Å². The number of fused-ring (bicyclic) bond motifs is 1. The Morgan fingerprint density at radius 3 is 2.70 bits per heavy atom. The molecule has 0 radical (unpaired) electrons. The molecule has 1 fully saturated rings. The van der Waals surface area contributed by atoms with E-state index in [4.69, 9.17) is 0 Å². The first kappa shape index (κ1) is 17.7. The molecule has 1 aliphatic heterocycles. The van der Waals surface area contributed by atoms with E-state index in [1.54, 1.807) is 0 Å². The number of benzene rings is 1. The fraction of sp³-hybridized carbons (Fsp3) is 0.409. The molecular weight excluding hydrogens is 336 g/mol. The molecule has 140 valence electrons. The van der Waals surface area contributed by atoms with Gasteiger partial charge >= 0.3 is 0 Å². The van der Waals surface area contributed by atoms with Gasteiger partial charge in [0, 0.05) is 55.1 Å². The number of piperidine rings is 1. The van der Waals surface area contributed by atoms with Crippen molar-refractivity contribution in [1.82, 2.24) is 19.4 Å². The van der Waals surface area contributed by atoms with Gasteiger partial charge < -0.3 is 9.47 Å². The number of likely N-dealkylation sites (tertiary alicyclic amines) is 1. The third-order valence-electron chi connectivity index (χ3n) is 5.48. The van der Waals surface area contributed by atoms with Crippen LogP contribution in [0.25, 0.3) is 22.3 Å². The molecule has 0 N–H and O–H groups in total.